The minimum atomic E-state index is -4.95. The maximum absolute atomic E-state index is 15.1. The summed E-state index contributed by atoms with van der Waals surface area (Å²) in [5.74, 6) is -1.80. The second-order valence-corrected chi connectivity index (χ2v) is 9.84. The van der Waals surface area contributed by atoms with Crippen LogP contribution in [0.5, 0.6) is 0 Å². The van der Waals surface area contributed by atoms with E-state index in [1.54, 1.807) is 31.2 Å². The number of halogens is 7. The van der Waals surface area contributed by atoms with E-state index in [1.165, 1.54) is 13.1 Å². The normalized spacial score (nSPS) is 17.1. The number of carbonyl (C=O) groups is 1. The van der Waals surface area contributed by atoms with Crippen LogP contribution >= 0.6 is 0 Å². The van der Waals surface area contributed by atoms with Crippen molar-refractivity contribution in [2.24, 2.45) is 22.6 Å². The molecule has 2 rings (SSSR count). The standard InChI is InChI=1S/C31H35F7N2O/c1-5-20(14-15-26(29(39)41)25-13-8-7-12-21(6-2)27(25)32)11-9-10-19(3)28(40-4)22-16-23(30(33,34)35)18-24(17-22)31(36,37)38/h7-9,11,13,15-20H,5-6,10,12,14H2,1-4H3,(H2,39,41). The molecule has 41 heavy (non-hydrogen) atoms. The topological polar surface area (TPSA) is 55.4 Å². The van der Waals surface area contributed by atoms with E-state index < -0.39 is 41.1 Å². The largest absolute Gasteiger partial charge is 0.416 e. The molecule has 1 amide bonds. The Labute approximate surface area is 236 Å². The van der Waals surface area contributed by atoms with E-state index in [2.05, 4.69) is 4.99 Å². The van der Waals surface area contributed by atoms with Crippen molar-refractivity contribution in [3.8, 4) is 0 Å². The summed E-state index contributed by atoms with van der Waals surface area (Å²) in [6, 6.07) is 1.45. The van der Waals surface area contributed by atoms with E-state index in [0.717, 1.165) is 0 Å². The Morgan fingerprint density at radius 1 is 1.05 bits per heavy atom. The quantitative estimate of drug-likeness (QED) is 0.120. The molecule has 1 aromatic carbocycles. The molecule has 1 aliphatic carbocycles. The molecule has 2 atom stereocenters. The smallest absolute Gasteiger partial charge is 0.366 e. The number of benzene rings is 1. The summed E-state index contributed by atoms with van der Waals surface area (Å²) in [5, 5.41) is 0. The lowest BCUT2D eigenvalue weighted by Gasteiger charge is -2.18. The molecular weight excluding hydrogens is 549 g/mol. The molecule has 0 saturated heterocycles. The lowest BCUT2D eigenvalue weighted by atomic mass is 9.91. The van der Waals surface area contributed by atoms with Crippen molar-refractivity contribution in [3.63, 3.8) is 0 Å². The van der Waals surface area contributed by atoms with Crippen LogP contribution in [0.15, 0.2) is 82.2 Å². The van der Waals surface area contributed by atoms with Crippen LogP contribution in [0.3, 0.4) is 0 Å². The maximum atomic E-state index is 15.1. The highest BCUT2D eigenvalue weighted by atomic mass is 19.4. The molecule has 0 saturated carbocycles. The van der Waals surface area contributed by atoms with Gasteiger partial charge in [-0.15, -0.1) is 0 Å². The lowest BCUT2D eigenvalue weighted by molar-refractivity contribution is -0.143. The van der Waals surface area contributed by atoms with Gasteiger partial charge in [0, 0.05) is 29.8 Å². The maximum Gasteiger partial charge on any atom is 0.416 e. The first-order valence-corrected chi connectivity index (χ1v) is 13.3. The molecule has 0 radical (unpaired) electrons. The van der Waals surface area contributed by atoms with Crippen LogP contribution in [-0.2, 0) is 17.1 Å². The monoisotopic (exact) mass is 584 g/mol. The summed E-state index contributed by atoms with van der Waals surface area (Å²) in [4.78, 5) is 16.2. The first kappa shape index (κ1) is 33.8. The van der Waals surface area contributed by atoms with Gasteiger partial charge in [0.15, 0.2) is 0 Å². The van der Waals surface area contributed by atoms with Gasteiger partial charge in [-0.2, -0.15) is 26.3 Å². The predicted octanol–water partition coefficient (Wildman–Crippen LogP) is 9.07. The van der Waals surface area contributed by atoms with Gasteiger partial charge < -0.3 is 5.73 Å². The fraction of sp³-hybridized carbons (Fsp3) is 0.419. The van der Waals surface area contributed by atoms with Gasteiger partial charge in [0.1, 0.15) is 5.83 Å². The van der Waals surface area contributed by atoms with Crippen LogP contribution in [-0.4, -0.2) is 18.7 Å². The third kappa shape index (κ3) is 9.30. The minimum Gasteiger partial charge on any atom is -0.366 e. The molecule has 2 unspecified atom stereocenters. The molecule has 0 heterocycles. The molecule has 224 valence electrons. The van der Waals surface area contributed by atoms with Crippen molar-refractivity contribution < 1.29 is 35.5 Å². The molecule has 0 bridgehead atoms. The fourth-order valence-electron chi connectivity index (χ4n) is 4.55. The molecule has 1 aliphatic rings. The Hall–Kier alpha value is -3.43. The number of alkyl halides is 6. The zero-order valence-electron chi connectivity index (χ0n) is 23.5. The molecular formula is C31H35F7N2O. The van der Waals surface area contributed by atoms with Crippen molar-refractivity contribution in [2.75, 3.05) is 7.05 Å². The number of amides is 1. The number of aliphatic imine (C=N–C) groups is 1. The summed E-state index contributed by atoms with van der Waals surface area (Å²) in [6.07, 6.45) is 2.58. The van der Waals surface area contributed by atoms with Crippen molar-refractivity contribution in [1.82, 2.24) is 0 Å². The number of carbonyl (C=O) groups excluding carboxylic acids is 1. The summed E-state index contributed by atoms with van der Waals surface area (Å²) >= 11 is 0. The average Bonchev–Trinajstić information content (AvgIpc) is 3.07. The summed E-state index contributed by atoms with van der Waals surface area (Å²) in [7, 11) is 1.32. The second-order valence-electron chi connectivity index (χ2n) is 9.84. The van der Waals surface area contributed by atoms with Gasteiger partial charge in [0.25, 0.3) is 0 Å². The van der Waals surface area contributed by atoms with Crippen LogP contribution in [0.2, 0.25) is 0 Å². The number of hydrogen-bond acceptors (Lipinski definition) is 2. The van der Waals surface area contributed by atoms with Gasteiger partial charge >= 0.3 is 12.4 Å². The van der Waals surface area contributed by atoms with Gasteiger partial charge in [-0.3, -0.25) is 9.79 Å². The Morgan fingerprint density at radius 2 is 1.66 bits per heavy atom. The Kier molecular flexibility index (Phi) is 11.9. The number of primary amides is 1. The number of allylic oxidation sites excluding steroid dienone is 8. The highest BCUT2D eigenvalue weighted by Crippen LogP contribution is 2.37. The lowest BCUT2D eigenvalue weighted by Crippen LogP contribution is -2.17. The van der Waals surface area contributed by atoms with Crippen molar-refractivity contribution in [1.29, 1.82) is 0 Å². The van der Waals surface area contributed by atoms with Crippen molar-refractivity contribution in [3.05, 3.63) is 93.9 Å². The van der Waals surface area contributed by atoms with Gasteiger partial charge in [-0.25, -0.2) is 4.39 Å². The van der Waals surface area contributed by atoms with Crippen LogP contribution < -0.4 is 5.73 Å². The van der Waals surface area contributed by atoms with E-state index in [1.807, 2.05) is 19.9 Å². The van der Waals surface area contributed by atoms with Crippen LogP contribution in [0.1, 0.15) is 69.6 Å². The number of nitrogens with zero attached hydrogens (tertiary/aromatic N) is 1. The molecule has 2 N–H and O–H groups in total. The third-order valence-electron chi connectivity index (χ3n) is 6.93. The second kappa shape index (κ2) is 14.5. The molecule has 1 aromatic rings. The first-order valence-electron chi connectivity index (χ1n) is 13.3. The van der Waals surface area contributed by atoms with Crippen LogP contribution in [0.25, 0.3) is 0 Å². The first-order chi connectivity index (χ1) is 19.1. The van der Waals surface area contributed by atoms with E-state index in [0.29, 0.717) is 49.8 Å². The van der Waals surface area contributed by atoms with E-state index in [-0.39, 0.29) is 34.4 Å². The fourth-order valence-corrected chi connectivity index (χ4v) is 4.55. The molecule has 0 spiro atoms. The molecule has 0 aliphatic heterocycles. The molecule has 3 nitrogen and oxygen atoms in total. The van der Waals surface area contributed by atoms with E-state index >= 15 is 4.39 Å². The molecule has 0 fully saturated rings. The van der Waals surface area contributed by atoms with Crippen LogP contribution in [0.4, 0.5) is 30.7 Å². The summed E-state index contributed by atoms with van der Waals surface area (Å²) in [6.45, 7) is 5.41. The summed E-state index contributed by atoms with van der Waals surface area (Å²) in [5.41, 5.74) is 3.43. The van der Waals surface area contributed by atoms with Gasteiger partial charge in [0.05, 0.1) is 11.1 Å². The highest BCUT2D eigenvalue weighted by molar-refractivity contribution is 6.02. The van der Waals surface area contributed by atoms with Gasteiger partial charge in [0.2, 0.25) is 5.91 Å². The van der Waals surface area contributed by atoms with Crippen LogP contribution in [0, 0.1) is 11.8 Å². The minimum absolute atomic E-state index is 0.0747. The Morgan fingerprint density at radius 3 is 2.15 bits per heavy atom. The Bertz CT molecular complexity index is 1250. The number of nitrogens with two attached hydrogens (primary N) is 1. The van der Waals surface area contributed by atoms with Crippen molar-refractivity contribution >= 4 is 11.6 Å². The molecule has 10 heteroatoms. The highest BCUT2D eigenvalue weighted by Gasteiger charge is 2.37. The zero-order chi connectivity index (χ0) is 31.0. The third-order valence-corrected chi connectivity index (χ3v) is 6.93. The van der Waals surface area contributed by atoms with Gasteiger partial charge in [-0.05, 0) is 67.4 Å². The zero-order valence-corrected chi connectivity index (χ0v) is 23.5. The molecule has 0 aromatic heterocycles. The number of rotatable bonds is 11. The average molecular weight is 585 g/mol. The van der Waals surface area contributed by atoms with Crippen molar-refractivity contribution in [2.45, 2.75) is 65.2 Å². The van der Waals surface area contributed by atoms with E-state index in [4.69, 9.17) is 5.73 Å². The SMILES string of the molecule is CCC1=C(F)C(C(=CCC(C=CCC(C)C(=NC)c2cc(C(F)(F)F)cc(C(F)(F)F)c2)CC)C(N)=O)=CC=CC1. The van der Waals surface area contributed by atoms with E-state index in [9.17, 15) is 31.1 Å². The summed E-state index contributed by atoms with van der Waals surface area (Å²) < 4.78 is 95.1. The number of hydrogen-bond donors (Lipinski definition) is 1. The predicted molar refractivity (Wildman–Crippen MR) is 148 cm³/mol. The Balaban J connectivity index is 2.26. The van der Waals surface area contributed by atoms with Gasteiger partial charge in [-0.1, -0.05) is 57.2 Å².